The van der Waals surface area contributed by atoms with E-state index in [4.69, 9.17) is 4.98 Å². The van der Waals surface area contributed by atoms with E-state index >= 15 is 0 Å². The summed E-state index contributed by atoms with van der Waals surface area (Å²) in [5, 5.41) is 12.5. The molecule has 3 rings (SSSR count). The molecule has 0 fully saturated rings. The second kappa shape index (κ2) is 12.6. The molecule has 1 amide bonds. The molecule has 2 N–H and O–H groups in total. The van der Waals surface area contributed by atoms with E-state index in [9.17, 15) is 14.7 Å². The van der Waals surface area contributed by atoms with E-state index in [1.165, 1.54) is 0 Å². The molecule has 0 saturated carbocycles. The van der Waals surface area contributed by atoms with Gasteiger partial charge >= 0.3 is 5.97 Å². The number of carboxylic acid groups (broad SMARTS) is 1. The number of aryl methyl sites for hydroxylation is 1. The SMILES string of the molecule is CCCCc1nc(CNC(=O)C(CS)C(C)C)cn1Cc1ccc(-c2ccccc2C(=O)O)cc1. The van der Waals surface area contributed by atoms with Crippen LogP contribution in [0.5, 0.6) is 0 Å². The first kappa shape index (κ1) is 26.5. The molecule has 186 valence electrons. The summed E-state index contributed by atoms with van der Waals surface area (Å²) in [6.07, 6.45) is 5.02. The number of imidazole rings is 1. The Morgan fingerprint density at radius 3 is 2.46 bits per heavy atom. The fourth-order valence-corrected chi connectivity index (χ4v) is 4.67. The van der Waals surface area contributed by atoms with Crippen LogP contribution in [0.4, 0.5) is 0 Å². The molecular formula is C28H35N3O3S. The molecule has 0 spiro atoms. The minimum atomic E-state index is -0.933. The van der Waals surface area contributed by atoms with E-state index in [0.29, 0.717) is 30.0 Å². The molecule has 0 bridgehead atoms. The summed E-state index contributed by atoms with van der Waals surface area (Å²) in [6, 6.07) is 15.0. The average Bonchev–Trinajstić information content (AvgIpc) is 3.23. The van der Waals surface area contributed by atoms with Gasteiger partial charge in [0.15, 0.2) is 0 Å². The Morgan fingerprint density at radius 1 is 1.11 bits per heavy atom. The van der Waals surface area contributed by atoms with Gasteiger partial charge in [-0.25, -0.2) is 9.78 Å². The average molecular weight is 494 g/mol. The number of carboxylic acids is 1. The van der Waals surface area contributed by atoms with Crippen LogP contribution >= 0.6 is 12.6 Å². The van der Waals surface area contributed by atoms with Crippen molar-refractivity contribution in [2.75, 3.05) is 5.75 Å². The number of thiol groups is 1. The Bertz CT molecular complexity index is 1140. The van der Waals surface area contributed by atoms with Crippen LogP contribution < -0.4 is 5.32 Å². The first-order valence-electron chi connectivity index (χ1n) is 12.2. The van der Waals surface area contributed by atoms with Gasteiger partial charge in [-0.2, -0.15) is 12.6 Å². The third-order valence-electron chi connectivity index (χ3n) is 6.22. The Labute approximate surface area is 213 Å². The van der Waals surface area contributed by atoms with Gasteiger partial charge in [-0.15, -0.1) is 0 Å². The Hall–Kier alpha value is -3.06. The summed E-state index contributed by atoms with van der Waals surface area (Å²) >= 11 is 4.33. The number of carbonyl (C=O) groups excluding carboxylic acids is 1. The molecule has 7 heteroatoms. The van der Waals surface area contributed by atoms with Gasteiger partial charge in [0.25, 0.3) is 0 Å². The maximum atomic E-state index is 12.5. The van der Waals surface area contributed by atoms with Crippen LogP contribution in [0.25, 0.3) is 11.1 Å². The van der Waals surface area contributed by atoms with Gasteiger partial charge in [-0.05, 0) is 35.1 Å². The zero-order valence-corrected chi connectivity index (χ0v) is 21.6. The zero-order chi connectivity index (χ0) is 25.4. The summed E-state index contributed by atoms with van der Waals surface area (Å²) in [7, 11) is 0. The van der Waals surface area contributed by atoms with Crippen LogP contribution in [-0.2, 0) is 24.3 Å². The summed E-state index contributed by atoms with van der Waals surface area (Å²) < 4.78 is 2.15. The summed E-state index contributed by atoms with van der Waals surface area (Å²) in [6.45, 7) is 7.28. The van der Waals surface area contributed by atoms with Crippen molar-refractivity contribution in [3.8, 4) is 11.1 Å². The van der Waals surface area contributed by atoms with Crippen molar-refractivity contribution in [2.24, 2.45) is 11.8 Å². The molecule has 1 heterocycles. The van der Waals surface area contributed by atoms with Crippen molar-refractivity contribution < 1.29 is 14.7 Å². The minimum Gasteiger partial charge on any atom is -0.478 e. The second-order valence-electron chi connectivity index (χ2n) is 9.18. The van der Waals surface area contributed by atoms with Crippen LogP contribution in [0.3, 0.4) is 0 Å². The predicted octanol–water partition coefficient (Wildman–Crippen LogP) is 5.46. The molecule has 0 radical (unpaired) electrons. The summed E-state index contributed by atoms with van der Waals surface area (Å²) in [5.41, 5.74) is 3.81. The van der Waals surface area contributed by atoms with Crippen molar-refractivity contribution in [3.63, 3.8) is 0 Å². The van der Waals surface area contributed by atoms with Crippen molar-refractivity contribution in [3.05, 3.63) is 77.4 Å². The van der Waals surface area contributed by atoms with Crippen LogP contribution in [-0.4, -0.2) is 32.3 Å². The topological polar surface area (TPSA) is 84.2 Å². The zero-order valence-electron chi connectivity index (χ0n) is 20.7. The van der Waals surface area contributed by atoms with Crippen molar-refractivity contribution >= 4 is 24.5 Å². The van der Waals surface area contributed by atoms with Gasteiger partial charge in [0.2, 0.25) is 5.91 Å². The highest BCUT2D eigenvalue weighted by atomic mass is 32.1. The van der Waals surface area contributed by atoms with E-state index in [-0.39, 0.29) is 17.7 Å². The summed E-state index contributed by atoms with van der Waals surface area (Å²) in [5.74, 6) is 0.715. The van der Waals surface area contributed by atoms with Crippen molar-refractivity contribution in [1.82, 2.24) is 14.9 Å². The van der Waals surface area contributed by atoms with Gasteiger partial charge in [0.1, 0.15) is 5.82 Å². The fourth-order valence-electron chi connectivity index (χ4n) is 4.08. The maximum Gasteiger partial charge on any atom is 0.336 e. The predicted molar refractivity (Wildman–Crippen MR) is 143 cm³/mol. The van der Waals surface area contributed by atoms with Gasteiger partial charge in [-0.3, -0.25) is 4.79 Å². The molecule has 0 saturated heterocycles. The monoisotopic (exact) mass is 493 g/mol. The lowest BCUT2D eigenvalue weighted by atomic mass is 9.97. The van der Waals surface area contributed by atoms with Gasteiger partial charge in [0.05, 0.1) is 17.8 Å². The van der Waals surface area contributed by atoms with E-state index in [2.05, 4.69) is 29.4 Å². The van der Waals surface area contributed by atoms with Gasteiger partial charge < -0.3 is 15.0 Å². The van der Waals surface area contributed by atoms with Crippen LogP contribution in [0.2, 0.25) is 0 Å². The summed E-state index contributed by atoms with van der Waals surface area (Å²) in [4.78, 5) is 28.9. The second-order valence-corrected chi connectivity index (χ2v) is 9.54. The minimum absolute atomic E-state index is 0.0110. The Kier molecular flexibility index (Phi) is 9.55. The lowest BCUT2D eigenvalue weighted by molar-refractivity contribution is -0.125. The molecule has 2 aromatic carbocycles. The third kappa shape index (κ3) is 6.98. The number of hydrogen-bond donors (Lipinski definition) is 3. The highest BCUT2D eigenvalue weighted by Crippen LogP contribution is 2.24. The van der Waals surface area contributed by atoms with Crippen molar-refractivity contribution in [2.45, 2.75) is 53.1 Å². The smallest absolute Gasteiger partial charge is 0.336 e. The first-order valence-corrected chi connectivity index (χ1v) is 12.8. The number of nitrogens with one attached hydrogen (secondary N) is 1. The van der Waals surface area contributed by atoms with E-state index in [1.54, 1.807) is 12.1 Å². The lowest BCUT2D eigenvalue weighted by Crippen LogP contribution is -2.34. The number of carbonyl (C=O) groups is 2. The van der Waals surface area contributed by atoms with Crippen LogP contribution in [0.15, 0.2) is 54.7 Å². The number of aromatic nitrogens is 2. The molecule has 6 nitrogen and oxygen atoms in total. The van der Waals surface area contributed by atoms with E-state index in [0.717, 1.165) is 41.9 Å². The van der Waals surface area contributed by atoms with Crippen LogP contribution in [0, 0.1) is 11.8 Å². The number of unbranched alkanes of at least 4 members (excludes halogenated alkanes) is 1. The van der Waals surface area contributed by atoms with E-state index in [1.807, 2.05) is 56.4 Å². The van der Waals surface area contributed by atoms with Crippen LogP contribution in [0.1, 0.15) is 61.1 Å². The molecule has 1 atom stereocenters. The van der Waals surface area contributed by atoms with E-state index < -0.39 is 5.97 Å². The largest absolute Gasteiger partial charge is 0.478 e. The normalized spacial score (nSPS) is 12.0. The fraction of sp³-hybridized carbons (Fsp3) is 0.393. The molecular weight excluding hydrogens is 458 g/mol. The molecule has 1 aromatic heterocycles. The maximum absolute atomic E-state index is 12.5. The third-order valence-corrected chi connectivity index (χ3v) is 6.61. The molecule has 0 aliphatic rings. The number of nitrogens with zero attached hydrogens (tertiary/aromatic N) is 2. The molecule has 0 aliphatic carbocycles. The number of rotatable bonds is 12. The number of hydrogen-bond acceptors (Lipinski definition) is 4. The molecule has 3 aromatic rings. The highest BCUT2D eigenvalue weighted by molar-refractivity contribution is 7.80. The quantitative estimate of drug-likeness (QED) is 0.293. The van der Waals surface area contributed by atoms with Gasteiger partial charge in [0, 0.05) is 30.8 Å². The number of amides is 1. The Morgan fingerprint density at radius 2 is 1.83 bits per heavy atom. The lowest BCUT2D eigenvalue weighted by Gasteiger charge is -2.17. The standard InChI is InChI=1S/C28H35N3O3S/c1-4-5-10-26-30-22(15-29-27(32)25(18-35)19(2)3)17-31(26)16-20-11-13-21(14-12-20)23-8-6-7-9-24(23)28(33)34/h6-9,11-14,17,19,25,35H,4-5,10,15-16,18H2,1-3H3,(H,29,32)(H,33,34). The molecule has 35 heavy (non-hydrogen) atoms. The van der Waals surface area contributed by atoms with Gasteiger partial charge in [-0.1, -0.05) is 69.7 Å². The Balaban J connectivity index is 1.76. The highest BCUT2D eigenvalue weighted by Gasteiger charge is 2.20. The number of benzene rings is 2. The van der Waals surface area contributed by atoms with Crippen molar-refractivity contribution in [1.29, 1.82) is 0 Å². The first-order chi connectivity index (χ1) is 16.8. The molecule has 0 aliphatic heterocycles. The number of aromatic carboxylic acids is 1. The molecule has 1 unspecified atom stereocenters.